The number of carbonyl (C=O) groups excluding carboxylic acids is 1. The highest BCUT2D eigenvalue weighted by atomic mass is 16.4. The van der Waals surface area contributed by atoms with Crippen LogP contribution in [0.2, 0.25) is 0 Å². The van der Waals surface area contributed by atoms with Crippen LogP contribution in [0.25, 0.3) is 0 Å². The normalized spacial score (nSPS) is 19.1. The average Bonchev–Trinajstić information content (AvgIpc) is 2.24. The van der Waals surface area contributed by atoms with Crippen molar-refractivity contribution < 1.29 is 14.7 Å². The summed E-state index contributed by atoms with van der Waals surface area (Å²) in [6.07, 6.45) is 5.03. The van der Waals surface area contributed by atoms with Gasteiger partial charge in [-0.2, -0.15) is 0 Å². The number of nitrogens with one attached hydrogen (secondary N) is 2. The molecule has 0 saturated heterocycles. The molecule has 1 fully saturated rings. The van der Waals surface area contributed by atoms with Crippen LogP contribution in [0.4, 0.5) is 4.79 Å². The summed E-state index contributed by atoms with van der Waals surface area (Å²) < 4.78 is 0. The van der Waals surface area contributed by atoms with E-state index < -0.39 is 18.0 Å². The first kappa shape index (κ1) is 14.8. The summed E-state index contributed by atoms with van der Waals surface area (Å²) in [5.41, 5.74) is -0.361. The summed E-state index contributed by atoms with van der Waals surface area (Å²) in [5, 5.41) is 14.6. The number of aliphatic carboxylic acids is 1. The molecule has 0 aromatic rings. The largest absolute Gasteiger partial charge is 0.480 e. The molecule has 2 amide bonds. The standard InChI is InChI=1S/C13H24N2O3/c1-13(2,3)15-12(18)14-10(11(16)17)9-7-5-4-6-8-9/h9-10H,4-8H2,1-3H3,(H,16,17)(H2,14,15,18)/t10-/m0/s1. The van der Waals surface area contributed by atoms with E-state index in [4.69, 9.17) is 0 Å². The minimum absolute atomic E-state index is 0.0574. The first-order valence-electron chi connectivity index (χ1n) is 6.61. The van der Waals surface area contributed by atoms with Gasteiger partial charge in [0.2, 0.25) is 0 Å². The number of rotatable bonds is 3. The molecule has 18 heavy (non-hydrogen) atoms. The summed E-state index contributed by atoms with van der Waals surface area (Å²) in [4.78, 5) is 23.0. The molecule has 0 aromatic carbocycles. The molecule has 0 bridgehead atoms. The second-order valence-electron chi connectivity index (χ2n) is 6.06. The fraction of sp³-hybridized carbons (Fsp3) is 0.846. The minimum atomic E-state index is -0.939. The Bertz CT molecular complexity index is 304. The Morgan fingerprint density at radius 1 is 1.17 bits per heavy atom. The molecule has 0 unspecified atom stereocenters. The highest BCUT2D eigenvalue weighted by Gasteiger charge is 2.31. The third-order valence-corrected chi connectivity index (χ3v) is 3.16. The van der Waals surface area contributed by atoms with Crippen LogP contribution in [0.5, 0.6) is 0 Å². The third kappa shape index (κ3) is 4.94. The van der Waals surface area contributed by atoms with Crippen LogP contribution in [0.1, 0.15) is 52.9 Å². The van der Waals surface area contributed by atoms with Crippen LogP contribution in [-0.4, -0.2) is 28.7 Å². The maximum Gasteiger partial charge on any atom is 0.326 e. The maximum atomic E-state index is 11.7. The first-order valence-corrected chi connectivity index (χ1v) is 6.61. The molecule has 1 saturated carbocycles. The Morgan fingerprint density at radius 3 is 2.17 bits per heavy atom. The zero-order chi connectivity index (χ0) is 13.8. The van der Waals surface area contributed by atoms with Gasteiger partial charge in [0.15, 0.2) is 0 Å². The van der Waals surface area contributed by atoms with E-state index in [9.17, 15) is 14.7 Å². The van der Waals surface area contributed by atoms with Crippen molar-refractivity contribution in [1.82, 2.24) is 10.6 Å². The molecule has 0 spiro atoms. The quantitative estimate of drug-likeness (QED) is 0.723. The van der Waals surface area contributed by atoms with E-state index >= 15 is 0 Å². The van der Waals surface area contributed by atoms with Gasteiger partial charge < -0.3 is 15.7 Å². The Morgan fingerprint density at radius 2 is 1.72 bits per heavy atom. The topological polar surface area (TPSA) is 78.4 Å². The van der Waals surface area contributed by atoms with Crippen LogP contribution in [0.3, 0.4) is 0 Å². The predicted octanol–water partition coefficient (Wildman–Crippen LogP) is 2.12. The second kappa shape index (κ2) is 6.07. The molecule has 1 aliphatic rings. The zero-order valence-corrected chi connectivity index (χ0v) is 11.5. The molecule has 1 aliphatic carbocycles. The van der Waals surface area contributed by atoms with Crippen molar-refractivity contribution >= 4 is 12.0 Å². The SMILES string of the molecule is CC(C)(C)NC(=O)N[C@H](C(=O)O)C1CCCCC1. The molecule has 3 N–H and O–H groups in total. The number of hydrogen-bond donors (Lipinski definition) is 3. The molecule has 104 valence electrons. The van der Waals surface area contributed by atoms with Gasteiger partial charge in [0.05, 0.1) is 0 Å². The van der Waals surface area contributed by atoms with Gasteiger partial charge in [-0.15, -0.1) is 0 Å². The van der Waals surface area contributed by atoms with Crippen LogP contribution >= 0.6 is 0 Å². The highest BCUT2D eigenvalue weighted by molar-refractivity contribution is 5.83. The molecule has 0 aliphatic heterocycles. The predicted molar refractivity (Wildman–Crippen MR) is 69.4 cm³/mol. The van der Waals surface area contributed by atoms with Crippen LogP contribution in [0, 0.1) is 5.92 Å². The van der Waals surface area contributed by atoms with Crippen LogP contribution < -0.4 is 10.6 Å². The summed E-state index contributed by atoms with van der Waals surface area (Å²) in [6, 6.07) is -1.17. The van der Waals surface area contributed by atoms with Gasteiger partial charge in [-0.05, 0) is 39.5 Å². The second-order valence-corrected chi connectivity index (χ2v) is 6.06. The highest BCUT2D eigenvalue weighted by Crippen LogP contribution is 2.26. The van der Waals surface area contributed by atoms with E-state index in [0.717, 1.165) is 32.1 Å². The van der Waals surface area contributed by atoms with E-state index in [0.29, 0.717) is 0 Å². The van der Waals surface area contributed by atoms with Gasteiger partial charge >= 0.3 is 12.0 Å². The summed E-state index contributed by atoms with van der Waals surface area (Å²) in [7, 11) is 0. The van der Waals surface area contributed by atoms with E-state index in [-0.39, 0.29) is 11.5 Å². The van der Waals surface area contributed by atoms with E-state index in [1.807, 2.05) is 20.8 Å². The Kier molecular flexibility index (Phi) is 4.99. The van der Waals surface area contributed by atoms with E-state index in [1.54, 1.807) is 0 Å². The molecular formula is C13H24N2O3. The van der Waals surface area contributed by atoms with Crippen molar-refractivity contribution in [2.75, 3.05) is 0 Å². The number of carboxylic acids is 1. The lowest BCUT2D eigenvalue weighted by Gasteiger charge is -2.29. The molecule has 1 atom stereocenters. The van der Waals surface area contributed by atoms with Crippen molar-refractivity contribution in [2.24, 2.45) is 5.92 Å². The van der Waals surface area contributed by atoms with E-state index in [2.05, 4.69) is 10.6 Å². The molecule has 1 rings (SSSR count). The number of carbonyl (C=O) groups is 2. The van der Waals surface area contributed by atoms with Crippen molar-refractivity contribution in [3.63, 3.8) is 0 Å². The van der Waals surface area contributed by atoms with E-state index in [1.165, 1.54) is 0 Å². The lowest BCUT2D eigenvalue weighted by Crippen LogP contribution is -2.54. The lowest BCUT2D eigenvalue weighted by molar-refractivity contribution is -0.141. The van der Waals surface area contributed by atoms with Gasteiger partial charge in [-0.3, -0.25) is 0 Å². The fourth-order valence-corrected chi connectivity index (χ4v) is 2.37. The third-order valence-electron chi connectivity index (χ3n) is 3.16. The summed E-state index contributed by atoms with van der Waals surface area (Å²) in [6.45, 7) is 5.59. The molecule has 5 heteroatoms. The van der Waals surface area contributed by atoms with Gasteiger partial charge in [0, 0.05) is 5.54 Å². The van der Waals surface area contributed by atoms with Gasteiger partial charge in [0.25, 0.3) is 0 Å². The number of hydrogen-bond acceptors (Lipinski definition) is 2. The number of amides is 2. The number of carboxylic acid groups (broad SMARTS) is 1. The molecule has 0 radical (unpaired) electrons. The average molecular weight is 256 g/mol. The smallest absolute Gasteiger partial charge is 0.326 e. The summed E-state index contributed by atoms with van der Waals surface area (Å²) >= 11 is 0. The Labute approximate surface area is 108 Å². The van der Waals surface area contributed by atoms with Crippen molar-refractivity contribution in [3.05, 3.63) is 0 Å². The minimum Gasteiger partial charge on any atom is -0.480 e. The van der Waals surface area contributed by atoms with Gasteiger partial charge in [-0.25, -0.2) is 9.59 Å². The summed E-state index contributed by atoms with van der Waals surface area (Å²) in [5.74, 6) is -0.882. The van der Waals surface area contributed by atoms with Crippen LogP contribution in [0.15, 0.2) is 0 Å². The zero-order valence-electron chi connectivity index (χ0n) is 11.5. The maximum absolute atomic E-state index is 11.7. The fourth-order valence-electron chi connectivity index (χ4n) is 2.37. The van der Waals surface area contributed by atoms with Crippen LogP contribution in [-0.2, 0) is 4.79 Å². The molecule has 0 heterocycles. The van der Waals surface area contributed by atoms with Crippen molar-refractivity contribution in [3.8, 4) is 0 Å². The lowest BCUT2D eigenvalue weighted by atomic mass is 9.84. The Balaban J connectivity index is 2.57. The first-order chi connectivity index (χ1) is 8.29. The number of urea groups is 1. The van der Waals surface area contributed by atoms with Gasteiger partial charge in [-0.1, -0.05) is 19.3 Å². The van der Waals surface area contributed by atoms with Gasteiger partial charge in [0.1, 0.15) is 6.04 Å². The van der Waals surface area contributed by atoms with Crippen molar-refractivity contribution in [2.45, 2.75) is 64.5 Å². The molecule has 0 aromatic heterocycles. The molecular weight excluding hydrogens is 232 g/mol. The molecule has 5 nitrogen and oxygen atoms in total. The monoisotopic (exact) mass is 256 g/mol. The van der Waals surface area contributed by atoms with Crippen molar-refractivity contribution in [1.29, 1.82) is 0 Å². The Hall–Kier alpha value is -1.26.